The average molecular weight is 288 g/mol. The molecule has 1 heterocycles. The molecule has 2 rings (SSSR count). The summed E-state index contributed by atoms with van der Waals surface area (Å²) in [6.07, 6.45) is 1.09. The molecule has 0 unspecified atom stereocenters. The Balaban J connectivity index is 2.21. The maximum Gasteiger partial charge on any atom is 0.407 e. The van der Waals surface area contributed by atoms with Crippen LogP contribution in [0.25, 0.3) is 0 Å². The second-order valence-electron chi connectivity index (χ2n) is 4.11. The largest absolute Gasteiger partial charge is 0.465 e. The molecule has 1 aliphatic carbocycles. The molecule has 1 fully saturated rings. The molecule has 1 aromatic heterocycles. The number of hydrogen-bond acceptors (Lipinski definition) is 2. The van der Waals surface area contributed by atoms with E-state index in [-0.39, 0.29) is 6.04 Å². The van der Waals surface area contributed by atoms with Gasteiger partial charge in [-0.3, -0.25) is 9.58 Å². The van der Waals surface area contributed by atoms with E-state index >= 15 is 0 Å². The van der Waals surface area contributed by atoms with Crippen molar-refractivity contribution >= 4 is 22.0 Å². The van der Waals surface area contributed by atoms with Crippen LogP contribution >= 0.6 is 15.9 Å². The number of halogens is 1. The van der Waals surface area contributed by atoms with Crippen molar-refractivity contribution < 1.29 is 9.90 Å². The Kier molecular flexibility index (Phi) is 2.92. The lowest BCUT2D eigenvalue weighted by molar-refractivity contribution is 0.138. The van der Waals surface area contributed by atoms with E-state index in [1.54, 1.807) is 4.68 Å². The van der Waals surface area contributed by atoms with E-state index in [0.29, 0.717) is 6.54 Å². The van der Waals surface area contributed by atoms with Gasteiger partial charge in [-0.25, -0.2) is 4.79 Å². The normalized spacial score (nSPS) is 15.2. The topological polar surface area (TPSA) is 58.4 Å². The van der Waals surface area contributed by atoms with E-state index in [1.165, 1.54) is 4.90 Å². The van der Waals surface area contributed by atoms with Crippen LogP contribution in [-0.4, -0.2) is 31.9 Å². The third-order valence-electron chi connectivity index (χ3n) is 2.82. The highest BCUT2D eigenvalue weighted by molar-refractivity contribution is 9.10. The fourth-order valence-corrected chi connectivity index (χ4v) is 2.21. The number of nitrogens with zero attached hydrogens (tertiary/aromatic N) is 3. The first-order valence-electron chi connectivity index (χ1n) is 5.18. The van der Waals surface area contributed by atoms with Gasteiger partial charge in [-0.2, -0.15) is 5.10 Å². The maximum absolute atomic E-state index is 11.1. The summed E-state index contributed by atoms with van der Waals surface area (Å²) in [5.41, 5.74) is 1.80. The van der Waals surface area contributed by atoms with E-state index < -0.39 is 6.09 Å². The molecule has 0 atom stereocenters. The van der Waals surface area contributed by atoms with Crippen molar-refractivity contribution in [3.8, 4) is 0 Å². The molecule has 0 saturated heterocycles. The Hall–Kier alpha value is -1.04. The maximum atomic E-state index is 11.1. The number of aromatic nitrogens is 2. The van der Waals surface area contributed by atoms with E-state index in [1.807, 2.05) is 14.0 Å². The van der Waals surface area contributed by atoms with Gasteiger partial charge in [0.05, 0.1) is 22.4 Å². The number of amides is 1. The van der Waals surface area contributed by atoms with E-state index in [9.17, 15) is 4.79 Å². The molecule has 16 heavy (non-hydrogen) atoms. The van der Waals surface area contributed by atoms with Crippen LogP contribution in [0.15, 0.2) is 4.47 Å². The van der Waals surface area contributed by atoms with Gasteiger partial charge in [0.1, 0.15) is 0 Å². The molecule has 0 spiro atoms. The summed E-state index contributed by atoms with van der Waals surface area (Å²) >= 11 is 3.45. The number of rotatable bonds is 3. The first kappa shape index (κ1) is 11.4. The highest BCUT2D eigenvalue weighted by Crippen LogP contribution is 2.30. The van der Waals surface area contributed by atoms with Crippen molar-refractivity contribution in [1.82, 2.24) is 14.7 Å². The van der Waals surface area contributed by atoms with Gasteiger partial charge in [0, 0.05) is 13.1 Å². The van der Waals surface area contributed by atoms with Crippen LogP contribution in [0.5, 0.6) is 0 Å². The molecule has 1 saturated carbocycles. The quantitative estimate of drug-likeness (QED) is 0.927. The van der Waals surface area contributed by atoms with Crippen molar-refractivity contribution in [2.75, 3.05) is 0 Å². The van der Waals surface area contributed by atoms with Crippen LogP contribution in [-0.2, 0) is 13.6 Å². The zero-order chi connectivity index (χ0) is 11.9. The van der Waals surface area contributed by atoms with Gasteiger partial charge in [-0.15, -0.1) is 0 Å². The summed E-state index contributed by atoms with van der Waals surface area (Å²) in [6, 6.07) is 0.194. The van der Waals surface area contributed by atoms with Crippen molar-refractivity contribution in [1.29, 1.82) is 0 Å². The summed E-state index contributed by atoms with van der Waals surface area (Å²) < 4.78 is 2.64. The molecule has 5 nitrogen and oxygen atoms in total. The highest BCUT2D eigenvalue weighted by atomic mass is 79.9. The zero-order valence-corrected chi connectivity index (χ0v) is 10.9. The van der Waals surface area contributed by atoms with Gasteiger partial charge in [0.15, 0.2) is 0 Å². The van der Waals surface area contributed by atoms with Gasteiger partial charge in [-0.1, -0.05) is 0 Å². The summed E-state index contributed by atoms with van der Waals surface area (Å²) in [5, 5.41) is 13.4. The molecule has 0 radical (unpaired) electrons. The lowest BCUT2D eigenvalue weighted by Crippen LogP contribution is -2.31. The van der Waals surface area contributed by atoms with Crippen molar-refractivity contribution in [3.05, 3.63) is 15.9 Å². The van der Waals surface area contributed by atoms with E-state index in [4.69, 9.17) is 5.11 Å². The zero-order valence-electron chi connectivity index (χ0n) is 9.27. The van der Waals surface area contributed by atoms with Crippen molar-refractivity contribution in [2.45, 2.75) is 32.4 Å². The van der Waals surface area contributed by atoms with E-state index in [2.05, 4.69) is 21.0 Å². The van der Waals surface area contributed by atoms with E-state index in [0.717, 1.165) is 28.7 Å². The minimum absolute atomic E-state index is 0.194. The molecular weight excluding hydrogens is 274 g/mol. The molecular formula is C10H14BrN3O2. The van der Waals surface area contributed by atoms with Gasteiger partial charge < -0.3 is 5.11 Å². The molecule has 0 aromatic carbocycles. The standard InChI is InChI=1S/C10H14BrN3O2/c1-6-9(11)8(13(2)12-6)5-14(10(15)16)7-3-4-7/h7H,3-5H2,1-2H3,(H,15,16). The Morgan fingerprint density at radius 1 is 1.69 bits per heavy atom. The minimum Gasteiger partial charge on any atom is -0.465 e. The second-order valence-corrected chi connectivity index (χ2v) is 4.90. The van der Waals surface area contributed by atoms with Gasteiger partial charge in [-0.05, 0) is 35.7 Å². The number of carboxylic acid groups (broad SMARTS) is 1. The lowest BCUT2D eigenvalue weighted by atomic mass is 10.3. The van der Waals surface area contributed by atoms with Crippen LogP contribution in [0.4, 0.5) is 4.79 Å². The minimum atomic E-state index is -0.853. The van der Waals surface area contributed by atoms with Crippen LogP contribution in [0.1, 0.15) is 24.2 Å². The molecule has 0 bridgehead atoms. The predicted octanol–water partition coefficient (Wildman–Crippen LogP) is 2.13. The van der Waals surface area contributed by atoms with Gasteiger partial charge >= 0.3 is 6.09 Å². The number of hydrogen-bond donors (Lipinski definition) is 1. The van der Waals surface area contributed by atoms with Crippen LogP contribution < -0.4 is 0 Å². The smallest absolute Gasteiger partial charge is 0.407 e. The predicted molar refractivity (Wildman–Crippen MR) is 62.2 cm³/mol. The van der Waals surface area contributed by atoms with Gasteiger partial charge in [0.25, 0.3) is 0 Å². The van der Waals surface area contributed by atoms with Crippen LogP contribution in [0.3, 0.4) is 0 Å². The summed E-state index contributed by atoms with van der Waals surface area (Å²) in [4.78, 5) is 12.6. The van der Waals surface area contributed by atoms with Gasteiger partial charge in [0.2, 0.25) is 0 Å². The second kappa shape index (κ2) is 4.08. The fourth-order valence-electron chi connectivity index (χ4n) is 1.75. The number of aryl methyl sites for hydroxylation is 2. The monoisotopic (exact) mass is 287 g/mol. The Morgan fingerprint density at radius 3 is 2.69 bits per heavy atom. The molecule has 1 aromatic rings. The molecule has 1 aliphatic rings. The molecule has 1 amide bonds. The molecule has 6 heteroatoms. The highest BCUT2D eigenvalue weighted by Gasteiger charge is 2.33. The summed E-state index contributed by atoms with van der Waals surface area (Å²) in [7, 11) is 1.83. The Morgan fingerprint density at radius 2 is 2.31 bits per heavy atom. The molecule has 0 aliphatic heterocycles. The first-order chi connectivity index (χ1) is 7.50. The molecule has 1 N–H and O–H groups in total. The molecule has 88 valence electrons. The van der Waals surface area contributed by atoms with Crippen LogP contribution in [0, 0.1) is 6.92 Å². The third-order valence-corrected chi connectivity index (χ3v) is 3.85. The van der Waals surface area contributed by atoms with Crippen molar-refractivity contribution in [3.63, 3.8) is 0 Å². The third kappa shape index (κ3) is 2.07. The SMILES string of the molecule is Cc1nn(C)c(CN(C(=O)O)C2CC2)c1Br. The van der Waals surface area contributed by atoms with Crippen LogP contribution in [0.2, 0.25) is 0 Å². The van der Waals surface area contributed by atoms with Crippen molar-refractivity contribution in [2.24, 2.45) is 7.05 Å². The lowest BCUT2D eigenvalue weighted by Gasteiger charge is -2.18. The summed E-state index contributed by atoms with van der Waals surface area (Å²) in [6.45, 7) is 2.30. The average Bonchev–Trinajstić information content (AvgIpc) is 2.97. The number of carbonyl (C=O) groups is 1. The summed E-state index contributed by atoms with van der Waals surface area (Å²) in [5.74, 6) is 0. The first-order valence-corrected chi connectivity index (χ1v) is 5.97. The Labute approximate surface area is 102 Å². The fraction of sp³-hybridized carbons (Fsp3) is 0.600. The Bertz CT molecular complexity index is 426.